The molecular weight excluding hydrogens is 404 g/mol. The molecule has 0 saturated carbocycles. The first-order valence-electron chi connectivity index (χ1n) is 10.2. The van der Waals surface area contributed by atoms with Crippen molar-refractivity contribution in [1.82, 2.24) is 15.0 Å². The van der Waals surface area contributed by atoms with E-state index in [0.29, 0.717) is 29.5 Å². The van der Waals surface area contributed by atoms with E-state index in [1.807, 2.05) is 43.5 Å². The molecule has 1 aliphatic heterocycles. The van der Waals surface area contributed by atoms with Crippen LogP contribution in [-0.2, 0) is 5.41 Å². The first-order valence-corrected chi connectivity index (χ1v) is 10.2. The molecule has 4 N–H and O–H groups in total. The summed E-state index contributed by atoms with van der Waals surface area (Å²) in [6.45, 7) is 2.54. The number of H-pyrrole nitrogens is 1. The van der Waals surface area contributed by atoms with Gasteiger partial charge in [-0.25, -0.2) is 9.97 Å². The number of aliphatic hydroxyl groups excluding tert-OH is 1. The number of nitrogens with one attached hydrogen (secondary N) is 3. The lowest BCUT2D eigenvalue weighted by molar-refractivity contribution is 0.219. The monoisotopic (exact) mass is 426 g/mol. The fourth-order valence-electron chi connectivity index (χ4n) is 4.11. The Kier molecular flexibility index (Phi) is 4.68. The van der Waals surface area contributed by atoms with Crippen LogP contribution in [0.4, 0.5) is 17.3 Å². The van der Waals surface area contributed by atoms with E-state index >= 15 is 0 Å². The van der Waals surface area contributed by atoms with E-state index in [4.69, 9.17) is 4.74 Å². The van der Waals surface area contributed by atoms with Crippen molar-refractivity contribution in [2.75, 3.05) is 30.9 Å². The van der Waals surface area contributed by atoms with E-state index in [9.17, 15) is 10.4 Å². The first kappa shape index (κ1) is 19.8. The summed E-state index contributed by atoms with van der Waals surface area (Å²) in [5, 5.41) is 27.2. The molecule has 0 amide bonds. The van der Waals surface area contributed by atoms with Gasteiger partial charge >= 0.3 is 0 Å². The van der Waals surface area contributed by atoms with Crippen molar-refractivity contribution in [1.29, 1.82) is 5.26 Å². The van der Waals surface area contributed by atoms with E-state index in [0.717, 1.165) is 33.4 Å². The van der Waals surface area contributed by atoms with Crippen molar-refractivity contribution in [2.45, 2.75) is 12.3 Å². The summed E-state index contributed by atoms with van der Waals surface area (Å²) in [5.74, 6) is 1.08. The van der Waals surface area contributed by atoms with Crippen molar-refractivity contribution in [3.8, 4) is 23.1 Å². The van der Waals surface area contributed by atoms with Crippen molar-refractivity contribution >= 4 is 28.2 Å². The van der Waals surface area contributed by atoms with E-state index < -0.39 is 5.41 Å². The molecule has 0 fully saturated rings. The Morgan fingerprint density at radius 3 is 2.94 bits per heavy atom. The van der Waals surface area contributed by atoms with Gasteiger partial charge in [-0.05, 0) is 35.9 Å². The molecule has 0 saturated heterocycles. The Balaban J connectivity index is 1.55. The standard InChI is InChI=1S/C24H22N6O2/c1-24(13-31)12-28-22-16(11-25)7-15(8-17(22)24)18-4-6-27-23(29-18)30-20-9-14-3-5-26-19(14)10-21(20)32-2/h3-10,26,28,31H,12-13H2,1-2H3,(H,27,29,30). The van der Waals surface area contributed by atoms with Crippen molar-refractivity contribution < 1.29 is 9.84 Å². The molecule has 0 radical (unpaired) electrons. The van der Waals surface area contributed by atoms with E-state index in [-0.39, 0.29) is 6.61 Å². The maximum absolute atomic E-state index is 9.94. The summed E-state index contributed by atoms with van der Waals surface area (Å²) in [4.78, 5) is 12.2. The summed E-state index contributed by atoms with van der Waals surface area (Å²) in [6, 6.07) is 13.7. The average Bonchev–Trinajstić information content (AvgIpc) is 3.42. The molecule has 8 heteroatoms. The normalized spacial score (nSPS) is 16.9. The largest absolute Gasteiger partial charge is 0.494 e. The summed E-state index contributed by atoms with van der Waals surface area (Å²) in [5.41, 5.74) is 4.97. The minimum absolute atomic E-state index is 0.0146. The maximum atomic E-state index is 9.94. The molecule has 0 bridgehead atoms. The van der Waals surface area contributed by atoms with Gasteiger partial charge in [0.05, 0.1) is 36.3 Å². The van der Waals surface area contributed by atoms with Gasteiger partial charge in [-0.3, -0.25) is 0 Å². The van der Waals surface area contributed by atoms with Crippen molar-refractivity contribution in [3.63, 3.8) is 0 Å². The van der Waals surface area contributed by atoms with Gasteiger partial charge in [0.1, 0.15) is 11.8 Å². The SMILES string of the molecule is COc1cc2[nH]ccc2cc1Nc1nccc(-c2cc(C#N)c3c(c2)C(C)(CO)CN3)n1. The smallest absolute Gasteiger partial charge is 0.227 e. The van der Waals surface area contributed by atoms with Crippen LogP contribution in [0, 0.1) is 11.3 Å². The Morgan fingerprint density at radius 1 is 1.28 bits per heavy atom. The van der Waals surface area contributed by atoms with E-state index in [1.165, 1.54) is 0 Å². The lowest BCUT2D eigenvalue weighted by Gasteiger charge is -2.21. The van der Waals surface area contributed by atoms with Gasteiger partial charge in [-0.15, -0.1) is 0 Å². The number of hydrogen-bond donors (Lipinski definition) is 4. The number of nitriles is 1. The van der Waals surface area contributed by atoms with Crippen LogP contribution in [0.5, 0.6) is 5.75 Å². The topological polar surface area (TPSA) is 119 Å². The van der Waals surface area contributed by atoms with E-state index in [1.54, 1.807) is 19.4 Å². The van der Waals surface area contributed by atoms with Crippen LogP contribution in [0.2, 0.25) is 0 Å². The molecule has 1 atom stereocenters. The summed E-state index contributed by atoms with van der Waals surface area (Å²) < 4.78 is 5.52. The second-order valence-electron chi connectivity index (χ2n) is 8.14. The van der Waals surface area contributed by atoms with Crippen LogP contribution in [0.25, 0.3) is 22.2 Å². The zero-order chi connectivity index (χ0) is 22.3. The highest BCUT2D eigenvalue weighted by Crippen LogP contribution is 2.41. The quantitative estimate of drug-likeness (QED) is 0.382. The number of aromatic nitrogens is 3. The van der Waals surface area contributed by atoms with Crippen molar-refractivity contribution in [3.05, 3.63) is 59.9 Å². The average molecular weight is 426 g/mol. The highest BCUT2D eigenvalue weighted by Gasteiger charge is 2.35. The summed E-state index contributed by atoms with van der Waals surface area (Å²) >= 11 is 0. The van der Waals surface area contributed by atoms with Gasteiger partial charge < -0.3 is 25.5 Å². The Morgan fingerprint density at radius 2 is 2.16 bits per heavy atom. The third-order valence-corrected chi connectivity index (χ3v) is 5.98. The number of hydrogen-bond acceptors (Lipinski definition) is 7. The number of fused-ring (bicyclic) bond motifs is 2. The number of anilines is 3. The second-order valence-corrected chi connectivity index (χ2v) is 8.14. The van der Waals surface area contributed by atoms with Gasteiger partial charge in [0.15, 0.2) is 0 Å². The fraction of sp³-hybridized carbons (Fsp3) is 0.208. The summed E-state index contributed by atoms with van der Waals surface area (Å²) in [6.07, 6.45) is 3.55. The Hall–Kier alpha value is -4.09. The van der Waals surface area contributed by atoms with Crippen LogP contribution < -0.4 is 15.4 Å². The number of ether oxygens (including phenoxy) is 1. The van der Waals surface area contributed by atoms with Gasteiger partial charge in [-0.1, -0.05) is 6.92 Å². The van der Waals surface area contributed by atoms with Crippen LogP contribution in [0.15, 0.2) is 48.8 Å². The third-order valence-electron chi connectivity index (χ3n) is 5.98. The zero-order valence-corrected chi connectivity index (χ0v) is 17.7. The number of rotatable bonds is 5. The number of aromatic amines is 1. The summed E-state index contributed by atoms with van der Waals surface area (Å²) in [7, 11) is 1.62. The van der Waals surface area contributed by atoms with E-state index in [2.05, 4.69) is 31.7 Å². The molecule has 32 heavy (non-hydrogen) atoms. The van der Waals surface area contributed by atoms with Crippen LogP contribution in [0.3, 0.4) is 0 Å². The minimum Gasteiger partial charge on any atom is -0.494 e. The molecule has 160 valence electrons. The lowest BCUT2D eigenvalue weighted by atomic mass is 9.83. The molecule has 8 nitrogen and oxygen atoms in total. The molecule has 1 aliphatic rings. The van der Waals surface area contributed by atoms with Gasteiger partial charge in [0, 0.05) is 46.9 Å². The molecular formula is C24H22N6O2. The molecule has 1 unspecified atom stereocenters. The highest BCUT2D eigenvalue weighted by atomic mass is 16.5. The molecule has 0 spiro atoms. The molecule has 5 rings (SSSR count). The number of aliphatic hydroxyl groups is 1. The molecule has 3 heterocycles. The third kappa shape index (κ3) is 3.20. The van der Waals surface area contributed by atoms with Crippen molar-refractivity contribution in [2.24, 2.45) is 0 Å². The minimum atomic E-state index is -0.454. The lowest BCUT2D eigenvalue weighted by Crippen LogP contribution is -2.28. The van der Waals surface area contributed by atoms with Crippen LogP contribution >= 0.6 is 0 Å². The number of nitrogens with zero attached hydrogens (tertiary/aromatic N) is 3. The number of methoxy groups -OCH3 is 1. The molecule has 4 aromatic rings. The molecule has 2 aromatic carbocycles. The van der Waals surface area contributed by atoms with Gasteiger partial charge in [0.25, 0.3) is 0 Å². The predicted octanol–water partition coefficient (Wildman–Crippen LogP) is 3.92. The molecule has 0 aliphatic carbocycles. The Labute approximate surface area is 184 Å². The Bertz CT molecular complexity index is 1370. The van der Waals surface area contributed by atoms with Crippen LogP contribution in [-0.4, -0.2) is 40.3 Å². The highest BCUT2D eigenvalue weighted by molar-refractivity contribution is 5.87. The first-order chi connectivity index (χ1) is 15.5. The van der Waals surface area contributed by atoms with Gasteiger partial charge in [0.2, 0.25) is 5.95 Å². The zero-order valence-electron chi connectivity index (χ0n) is 17.7. The maximum Gasteiger partial charge on any atom is 0.227 e. The number of benzene rings is 2. The van der Waals surface area contributed by atoms with Crippen LogP contribution in [0.1, 0.15) is 18.1 Å². The predicted molar refractivity (Wildman–Crippen MR) is 123 cm³/mol. The fourth-order valence-corrected chi connectivity index (χ4v) is 4.11. The second kappa shape index (κ2) is 7.55. The van der Waals surface area contributed by atoms with Gasteiger partial charge in [-0.2, -0.15) is 5.26 Å². The molecule has 2 aromatic heterocycles.